The van der Waals surface area contributed by atoms with Crippen molar-refractivity contribution in [3.63, 3.8) is 0 Å². The molecular formula is C16H26. The third kappa shape index (κ3) is 0.693. The molecule has 4 aliphatic carbocycles. The van der Waals surface area contributed by atoms with Crippen molar-refractivity contribution in [2.45, 2.75) is 54.4 Å². The third-order valence-corrected chi connectivity index (χ3v) is 7.87. The van der Waals surface area contributed by atoms with E-state index in [2.05, 4.69) is 48.1 Å². The van der Waals surface area contributed by atoms with Gasteiger partial charge in [0.15, 0.2) is 0 Å². The third-order valence-electron chi connectivity index (χ3n) is 7.87. The lowest BCUT2D eigenvalue weighted by Gasteiger charge is -2.51. The fraction of sp³-hybridized carbons (Fsp3) is 0.875. The van der Waals surface area contributed by atoms with E-state index in [1.54, 1.807) is 5.57 Å². The van der Waals surface area contributed by atoms with Gasteiger partial charge in [-0.05, 0) is 46.3 Å². The zero-order valence-corrected chi connectivity index (χ0v) is 11.8. The van der Waals surface area contributed by atoms with Gasteiger partial charge in [-0.15, -0.1) is 0 Å². The maximum Gasteiger partial charge on any atom is -0.00259 e. The molecule has 0 heteroatoms. The van der Waals surface area contributed by atoms with Crippen LogP contribution in [0, 0.1) is 33.5 Å². The predicted molar refractivity (Wildman–Crippen MR) is 69.1 cm³/mol. The number of hydrogen-bond acceptors (Lipinski definition) is 0. The summed E-state index contributed by atoms with van der Waals surface area (Å²) in [7, 11) is 0. The van der Waals surface area contributed by atoms with E-state index in [-0.39, 0.29) is 0 Å². The number of hydrogen-bond donors (Lipinski definition) is 0. The fourth-order valence-corrected chi connectivity index (χ4v) is 6.45. The Morgan fingerprint density at radius 3 is 2.06 bits per heavy atom. The van der Waals surface area contributed by atoms with Crippen LogP contribution in [0.25, 0.3) is 0 Å². The van der Waals surface area contributed by atoms with E-state index in [9.17, 15) is 0 Å². The second kappa shape index (κ2) is 2.31. The van der Waals surface area contributed by atoms with Crippen LogP contribution < -0.4 is 0 Å². The normalized spacial score (nSPS) is 68.0. The van der Waals surface area contributed by atoms with Gasteiger partial charge < -0.3 is 0 Å². The van der Waals surface area contributed by atoms with E-state index in [1.807, 2.05) is 0 Å². The van der Waals surface area contributed by atoms with E-state index in [1.165, 1.54) is 12.8 Å². The summed E-state index contributed by atoms with van der Waals surface area (Å²) in [5.74, 6) is 1.60. The minimum absolute atomic E-state index is 0.383. The van der Waals surface area contributed by atoms with Crippen LogP contribution in [0.3, 0.4) is 0 Å². The standard InChI is InChI=1S/C16H26/c1-10-13(4)8-14(5)11(2)15(6,9-13)16(10,7)12(14)3/h10-11H,3,8-9H2,1-2,4-7H3/t10-,11+,13-,14+,15-,16+/m0/s1. The SMILES string of the molecule is C=C1[C@]2(C)C[C@@]3(C)C[C@@](C)([C@@H]2C)[C@]1(C)[C@H]3C. The summed E-state index contributed by atoms with van der Waals surface area (Å²) < 4.78 is 0. The van der Waals surface area contributed by atoms with Crippen LogP contribution in [0.4, 0.5) is 0 Å². The maximum absolute atomic E-state index is 4.54. The van der Waals surface area contributed by atoms with Gasteiger partial charge in [0.25, 0.3) is 0 Å². The molecule has 4 fully saturated rings. The molecule has 0 aromatic rings. The highest BCUT2D eigenvalue weighted by Crippen LogP contribution is 2.85. The first-order valence-corrected chi connectivity index (χ1v) is 6.83. The molecular weight excluding hydrogens is 192 g/mol. The first kappa shape index (κ1) is 10.9. The molecule has 0 saturated heterocycles. The van der Waals surface area contributed by atoms with Gasteiger partial charge in [-0.25, -0.2) is 0 Å². The first-order chi connectivity index (χ1) is 7.13. The molecule has 16 heavy (non-hydrogen) atoms. The van der Waals surface area contributed by atoms with Crippen LogP contribution in [0.15, 0.2) is 12.2 Å². The van der Waals surface area contributed by atoms with E-state index in [4.69, 9.17) is 0 Å². The molecule has 0 aromatic carbocycles. The Balaban J connectivity index is 2.31. The molecule has 4 aliphatic rings. The molecule has 4 rings (SSSR count). The van der Waals surface area contributed by atoms with E-state index < -0.39 is 0 Å². The quantitative estimate of drug-likeness (QED) is 0.519. The van der Waals surface area contributed by atoms with Crippen molar-refractivity contribution in [3.05, 3.63) is 12.2 Å². The van der Waals surface area contributed by atoms with Gasteiger partial charge in [-0.2, -0.15) is 0 Å². The zero-order valence-electron chi connectivity index (χ0n) is 11.8. The van der Waals surface area contributed by atoms with Crippen LogP contribution in [0.2, 0.25) is 0 Å². The predicted octanol–water partition coefficient (Wildman–Crippen LogP) is 4.66. The van der Waals surface area contributed by atoms with Crippen LogP contribution in [-0.4, -0.2) is 0 Å². The van der Waals surface area contributed by atoms with E-state index in [0.717, 1.165) is 11.8 Å². The molecule has 0 unspecified atom stereocenters. The molecule has 0 nitrogen and oxygen atoms in total. The average Bonchev–Trinajstić information content (AvgIpc) is 2.35. The Morgan fingerprint density at radius 1 is 1.00 bits per heavy atom. The lowest BCUT2D eigenvalue weighted by Crippen LogP contribution is -2.43. The molecule has 0 amide bonds. The lowest BCUT2D eigenvalue weighted by molar-refractivity contribution is 0.0185. The Labute approximate surface area is 101 Å². The minimum atomic E-state index is 0.383. The number of allylic oxidation sites excluding steroid dienone is 1. The molecule has 0 N–H and O–H groups in total. The van der Waals surface area contributed by atoms with Crippen molar-refractivity contribution in [3.8, 4) is 0 Å². The molecule has 0 aromatic heterocycles. The Hall–Kier alpha value is -0.260. The largest absolute Gasteiger partial charge is 0.0987 e. The highest BCUT2D eigenvalue weighted by Gasteiger charge is 2.77. The van der Waals surface area contributed by atoms with Gasteiger partial charge in [0.2, 0.25) is 0 Å². The van der Waals surface area contributed by atoms with Gasteiger partial charge in [0.1, 0.15) is 0 Å². The molecule has 90 valence electrons. The maximum atomic E-state index is 4.54. The zero-order chi connectivity index (χ0) is 12.1. The molecule has 4 saturated carbocycles. The summed E-state index contributed by atoms with van der Waals surface area (Å²) in [6, 6.07) is 0. The summed E-state index contributed by atoms with van der Waals surface area (Å²) in [6.45, 7) is 19.5. The topological polar surface area (TPSA) is 0 Å². The van der Waals surface area contributed by atoms with Crippen molar-refractivity contribution in [1.29, 1.82) is 0 Å². The molecule has 0 radical (unpaired) electrons. The molecule has 4 bridgehead atoms. The van der Waals surface area contributed by atoms with Crippen LogP contribution in [0.5, 0.6) is 0 Å². The van der Waals surface area contributed by atoms with Crippen LogP contribution in [0.1, 0.15) is 54.4 Å². The molecule has 6 atom stereocenters. The molecule has 0 heterocycles. The van der Waals surface area contributed by atoms with Gasteiger partial charge >= 0.3 is 0 Å². The summed E-state index contributed by atoms with van der Waals surface area (Å²) in [5, 5.41) is 0. The highest BCUT2D eigenvalue weighted by molar-refractivity contribution is 5.41. The second-order valence-corrected chi connectivity index (χ2v) is 7.97. The van der Waals surface area contributed by atoms with E-state index in [0.29, 0.717) is 21.7 Å². The van der Waals surface area contributed by atoms with Crippen molar-refractivity contribution >= 4 is 0 Å². The van der Waals surface area contributed by atoms with Crippen LogP contribution in [-0.2, 0) is 0 Å². The van der Waals surface area contributed by atoms with Crippen molar-refractivity contribution in [1.82, 2.24) is 0 Å². The Bertz CT molecular complexity index is 395. The monoisotopic (exact) mass is 218 g/mol. The van der Waals surface area contributed by atoms with Gasteiger partial charge in [-0.1, -0.05) is 53.7 Å². The highest BCUT2D eigenvalue weighted by atomic mass is 14.8. The van der Waals surface area contributed by atoms with Crippen molar-refractivity contribution in [2.75, 3.05) is 0 Å². The lowest BCUT2D eigenvalue weighted by atomic mass is 9.53. The van der Waals surface area contributed by atoms with Crippen LogP contribution >= 0.6 is 0 Å². The average molecular weight is 218 g/mol. The summed E-state index contributed by atoms with van der Waals surface area (Å²) in [6.07, 6.45) is 2.78. The van der Waals surface area contributed by atoms with Gasteiger partial charge in [0.05, 0.1) is 0 Å². The second-order valence-electron chi connectivity index (χ2n) is 7.97. The Kier molecular flexibility index (Phi) is 1.57. The minimum Gasteiger partial charge on any atom is -0.0987 e. The van der Waals surface area contributed by atoms with E-state index >= 15 is 0 Å². The van der Waals surface area contributed by atoms with Crippen molar-refractivity contribution < 1.29 is 0 Å². The molecule has 0 aliphatic heterocycles. The number of rotatable bonds is 0. The Morgan fingerprint density at radius 2 is 1.56 bits per heavy atom. The smallest absolute Gasteiger partial charge is 0.00259 e. The van der Waals surface area contributed by atoms with Crippen molar-refractivity contribution in [2.24, 2.45) is 33.5 Å². The summed E-state index contributed by atoms with van der Waals surface area (Å²) in [4.78, 5) is 0. The first-order valence-electron chi connectivity index (χ1n) is 6.83. The van der Waals surface area contributed by atoms with Gasteiger partial charge in [-0.3, -0.25) is 0 Å². The summed E-state index contributed by atoms with van der Waals surface area (Å²) in [5.41, 5.74) is 3.41. The molecule has 0 spiro atoms. The fourth-order valence-electron chi connectivity index (χ4n) is 6.45. The summed E-state index contributed by atoms with van der Waals surface area (Å²) >= 11 is 0. The van der Waals surface area contributed by atoms with Gasteiger partial charge in [0, 0.05) is 0 Å².